The van der Waals surface area contributed by atoms with Crippen LogP contribution in [0.1, 0.15) is 24.8 Å². The van der Waals surface area contributed by atoms with Crippen LogP contribution >= 0.6 is 11.6 Å². The Balaban J connectivity index is 1.67. The Morgan fingerprint density at radius 2 is 2.15 bits per heavy atom. The summed E-state index contributed by atoms with van der Waals surface area (Å²) in [7, 11) is 3.21. The molecular weight excluding hydrogens is 278 g/mol. The second-order valence-electron chi connectivity index (χ2n) is 5.41. The molecule has 2 aliphatic heterocycles. The van der Waals surface area contributed by atoms with Crippen LogP contribution in [0, 0.1) is 0 Å². The molecule has 0 aliphatic carbocycles. The van der Waals surface area contributed by atoms with Crippen LogP contribution in [0.25, 0.3) is 0 Å². The van der Waals surface area contributed by atoms with Gasteiger partial charge in [0.1, 0.15) is 0 Å². The van der Waals surface area contributed by atoms with Crippen molar-refractivity contribution in [1.29, 1.82) is 0 Å². The topological polar surface area (TPSA) is 39.7 Å². The molecule has 3 rings (SSSR count). The van der Waals surface area contributed by atoms with E-state index in [2.05, 4.69) is 5.32 Å². The Kier molecular flexibility index (Phi) is 4.06. The average Bonchev–Trinajstić information content (AvgIpc) is 3.06. The maximum atomic E-state index is 6.21. The summed E-state index contributed by atoms with van der Waals surface area (Å²) in [6.07, 6.45) is 4.35. The summed E-state index contributed by atoms with van der Waals surface area (Å²) >= 11 is 6.21. The first-order chi connectivity index (χ1) is 9.71. The van der Waals surface area contributed by atoms with Gasteiger partial charge in [0.15, 0.2) is 11.5 Å². The van der Waals surface area contributed by atoms with Crippen molar-refractivity contribution >= 4 is 11.6 Å². The van der Waals surface area contributed by atoms with Gasteiger partial charge in [-0.25, -0.2) is 0 Å². The van der Waals surface area contributed by atoms with Gasteiger partial charge in [-0.2, -0.15) is 0 Å². The van der Waals surface area contributed by atoms with Crippen LogP contribution in [0.5, 0.6) is 11.5 Å². The lowest BCUT2D eigenvalue weighted by Gasteiger charge is -2.20. The van der Waals surface area contributed by atoms with Crippen LogP contribution in [-0.2, 0) is 11.3 Å². The number of halogens is 1. The van der Waals surface area contributed by atoms with Crippen molar-refractivity contribution in [3.63, 3.8) is 0 Å². The minimum Gasteiger partial charge on any atom is -0.493 e. The van der Waals surface area contributed by atoms with E-state index < -0.39 is 0 Å². The number of rotatable bonds is 5. The van der Waals surface area contributed by atoms with Crippen molar-refractivity contribution in [1.82, 2.24) is 5.32 Å². The molecule has 1 aromatic rings. The number of benzene rings is 1. The van der Waals surface area contributed by atoms with Gasteiger partial charge in [-0.1, -0.05) is 11.6 Å². The minimum atomic E-state index is 0.385. The van der Waals surface area contributed by atoms with E-state index in [1.165, 1.54) is 12.8 Å². The highest BCUT2D eigenvalue weighted by molar-refractivity contribution is 6.32. The number of hydrogen-bond acceptors (Lipinski definition) is 4. The second-order valence-corrected chi connectivity index (χ2v) is 5.82. The van der Waals surface area contributed by atoms with Gasteiger partial charge < -0.3 is 19.5 Å². The lowest BCUT2D eigenvalue weighted by Crippen LogP contribution is -2.36. The van der Waals surface area contributed by atoms with Crippen molar-refractivity contribution < 1.29 is 14.2 Å². The van der Waals surface area contributed by atoms with Gasteiger partial charge in [0.05, 0.1) is 31.5 Å². The smallest absolute Gasteiger partial charge is 0.179 e. The summed E-state index contributed by atoms with van der Waals surface area (Å²) in [6, 6.07) is 4.34. The molecule has 20 heavy (non-hydrogen) atoms. The highest BCUT2D eigenvalue weighted by atomic mass is 35.5. The van der Waals surface area contributed by atoms with Crippen molar-refractivity contribution in [3.8, 4) is 11.5 Å². The van der Waals surface area contributed by atoms with Crippen molar-refractivity contribution in [2.75, 3.05) is 14.2 Å². The van der Waals surface area contributed by atoms with E-state index >= 15 is 0 Å². The van der Waals surface area contributed by atoms with E-state index in [4.69, 9.17) is 25.8 Å². The molecule has 0 spiro atoms. The predicted molar refractivity (Wildman–Crippen MR) is 77.7 cm³/mol. The van der Waals surface area contributed by atoms with E-state index in [1.807, 2.05) is 12.1 Å². The highest BCUT2D eigenvalue weighted by Gasteiger charge is 2.40. The second kappa shape index (κ2) is 5.80. The Bertz CT molecular complexity index is 494. The quantitative estimate of drug-likeness (QED) is 0.907. The summed E-state index contributed by atoms with van der Waals surface area (Å²) in [5, 5.41) is 4.14. The van der Waals surface area contributed by atoms with Gasteiger partial charge in [-0.15, -0.1) is 0 Å². The normalized spacial score (nSPS) is 27.9. The Labute approximate surface area is 124 Å². The first-order valence-electron chi connectivity index (χ1n) is 7.00. The zero-order chi connectivity index (χ0) is 14.1. The van der Waals surface area contributed by atoms with Crippen molar-refractivity contribution in [3.05, 3.63) is 22.7 Å². The molecular formula is C15H20ClNO3. The van der Waals surface area contributed by atoms with Gasteiger partial charge in [0.25, 0.3) is 0 Å². The van der Waals surface area contributed by atoms with Gasteiger partial charge in [-0.3, -0.25) is 0 Å². The molecule has 2 fully saturated rings. The lowest BCUT2D eigenvalue weighted by molar-refractivity contribution is 0.0973. The van der Waals surface area contributed by atoms with Crippen LogP contribution in [0.4, 0.5) is 0 Å². The van der Waals surface area contributed by atoms with E-state index in [-0.39, 0.29) is 0 Å². The highest BCUT2D eigenvalue weighted by Crippen LogP contribution is 2.37. The predicted octanol–water partition coefficient (Wildman–Crippen LogP) is 2.77. The van der Waals surface area contributed by atoms with Crippen LogP contribution in [0.3, 0.4) is 0 Å². The molecule has 0 radical (unpaired) electrons. The molecule has 1 aromatic carbocycles. The maximum Gasteiger partial charge on any atom is 0.179 e. The molecule has 1 N–H and O–H groups in total. The van der Waals surface area contributed by atoms with Crippen molar-refractivity contribution in [2.45, 2.75) is 44.1 Å². The molecule has 2 heterocycles. The minimum absolute atomic E-state index is 0.385. The summed E-state index contributed by atoms with van der Waals surface area (Å²) in [6.45, 7) is 0.761. The van der Waals surface area contributed by atoms with Crippen LogP contribution in [-0.4, -0.2) is 32.5 Å². The van der Waals surface area contributed by atoms with E-state index in [9.17, 15) is 0 Å². The molecule has 4 nitrogen and oxygen atoms in total. The summed E-state index contributed by atoms with van der Waals surface area (Å²) in [5.74, 6) is 1.25. The largest absolute Gasteiger partial charge is 0.493 e. The Hall–Kier alpha value is -0.970. The SMILES string of the molecule is COc1cc(CNC2CC3CCC2O3)cc(Cl)c1OC. The third-order valence-electron chi connectivity index (χ3n) is 4.17. The summed E-state index contributed by atoms with van der Waals surface area (Å²) in [4.78, 5) is 0. The molecule has 2 saturated heterocycles. The molecule has 5 heteroatoms. The molecule has 0 saturated carbocycles. The molecule has 0 aromatic heterocycles. The molecule has 2 bridgehead atoms. The third kappa shape index (κ3) is 2.60. The molecule has 3 unspecified atom stereocenters. The Morgan fingerprint density at radius 3 is 2.75 bits per heavy atom. The number of nitrogens with one attached hydrogen (secondary N) is 1. The van der Waals surface area contributed by atoms with Gasteiger partial charge in [0.2, 0.25) is 0 Å². The fourth-order valence-electron chi connectivity index (χ4n) is 3.17. The number of fused-ring (bicyclic) bond motifs is 2. The first kappa shape index (κ1) is 14.0. The fraction of sp³-hybridized carbons (Fsp3) is 0.600. The number of ether oxygens (including phenoxy) is 3. The third-order valence-corrected chi connectivity index (χ3v) is 4.45. The van der Waals surface area contributed by atoms with E-state index in [0.717, 1.165) is 18.5 Å². The lowest BCUT2D eigenvalue weighted by atomic mass is 9.95. The number of methoxy groups -OCH3 is 2. The number of hydrogen-bond donors (Lipinski definition) is 1. The summed E-state index contributed by atoms with van der Waals surface area (Å²) in [5.41, 5.74) is 1.09. The van der Waals surface area contributed by atoms with Crippen LogP contribution in [0.2, 0.25) is 5.02 Å². The molecule has 0 amide bonds. The van der Waals surface area contributed by atoms with Crippen LogP contribution < -0.4 is 14.8 Å². The van der Waals surface area contributed by atoms with Gasteiger partial charge in [-0.05, 0) is 37.0 Å². The monoisotopic (exact) mass is 297 g/mol. The zero-order valence-corrected chi connectivity index (χ0v) is 12.6. The van der Waals surface area contributed by atoms with Crippen molar-refractivity contribution in [2.24, 2.45) is 0 Å². The standard InChI is InChI=1S/C15H20ClNO3/c1-18-14-6-9(5-11(16)15(14)19-2)8-17-12-7-10-3-4-13(12)20-10/h5-6,10,12-13,17H,3-4,7-8H2,1-2H3. The molecule has 110 valence electrons. The maximum absolute atomic E-state index is 6.21. The van der Waals surface area contributed by atoms with E-state index in [0.29, 0.717) is 34.8 Å². The summed E-state index contributed by atoms with van der Waals surface area (Å²) < 4.78 is 16.4. The molecule has 3 atom stereocenters. The fourth-order valence-corrected chi connectivity index (χ4v) is 3.49. The van der Waals surface area contributed by atoms with Gasteiger partial charge >= 0.3 is 0 Å². The van der Waals surface area contributed by atoms with E-state index in [1.54, 1.807) is 14.2 Å². The van der Waals surface area contributed by atoms with Crippen LogP contribution in [0.15, 0.2) is 12.1 Å². The Morgan fingerprint density at radius 1 is 1.30 bits per heavy atom. The average molecular weight is 298 g/mol. The van der Waals surface area contributed by atoms with Gasteiger partial charge in [0, 0.05) is 12.6 Å². The first-order valence-corrected chi connectivity index (χ1v) is 7.38. The molecule has 2 aliphatic rings. The zero-order valence-electron chi connectivity index (χ0n) is 11.8.